The van der Waals surface area contributed by atoms with E-state index in [4.69, 9.17) is 5.26 Å². The van der Waals surface area contributed by atoms with Gasteiger partial charge in [-0.3, -0.25) is 0 Å². The highest BCUT2D eigenvalue weighted by Crippen LogP contribution is 2.28. The zero-order valence-corrected chi connectivity index (χ0v) is 9.59. The Labute approximate surface area is 105 Å². The second-order valence-electron chi connectivity index (χ2n) is 3.83. The van der Waals surface area contributed by atoms with Crippen molar-refractivity contribution < 1.29 is 10.2 Å². The first-order valence-corrected chi connectivity index (χ1v) is 5.44. The summed E-state index contributed by atoms with van der Waals surface area (Å²) in [5, 5.41) is 30.9. The molecule has 0 aromatic heterocycles. The van der Waals surface area contributed by atoms with E-state index in [9.17, 15) is 10.2 Å². The molecule has 4 nitrogen and oxygen atoms in total. The molecule has 2 rings (SSSR count). The highest BCUT2D eigenvalue weighted by atomic mass is 16.3. The fourth-order valence-corrected chi connectivity index (χ4v) is 1.62. The van der Waals surface area contributed by atoms with Crippen molar-refractivity contribution in [3.63, 3.8) is 0 Å². The Morgan fingerprint density at radius 3 is 2.67 bits per heavy atom. The third-order valence-corrected chi connectivity index (χ3v) is 2.57. The Bertz CT molecular complexity index is 603. The quantitative estimate of drug-likeness (QED) is 0.721. The molecular weight excluding hydrogens is 228 g/mol. The second-order valence-corrected chi connectivity index (χ2v) is 3.83. The number of nitrogens with one attached hydrogen (secondary N) is 1. The number of nitriles is 1. The summed E-state index contributed by atoms with van der Waals surface area (Å²) in [4.78, 5) is 0. The molecule has 0 unspecified atom stereocenters. The number of hydrogen-bond donors (Lipinski definition) is 3. The molecule has 4 heteroatoms. The summed E-state index contributed by atoms with van der Waals surface area (Å²) in [6.07, 6.45) is 0. The van der Waals surface area contributed by atoms with Crippen molar-refractivity contribution in [2.45, 2.75) is 6.54 Å². The van der Waals surface area contributed by atoms with E-state index in [1.54, 1.807) is 30.3 Å². The predicted molar refractivity (Wildman–Crippen MR) is 68.3 cm³/mol. The molecule has 0 saturated carbocycles. The lowest BCUT2D eigenvalue weighted by molar-refractivity contribution is 0.400. The van der Waals surface area contributed by atoms with Gasteiger partial charge in [0.05, 0.1) is 11.6 Å². The van der Waals surface area contributed by atoms with Gasteiger partial charge in [-0.1, -0.05) is 18.2 Å². The van der Waals surface area contributed by atoms with Crippen LogP contribution in [0.1, 0.15) is 11.1 Å². The van der Waals surface area contributed by atoms with Crippen LogP contribution in [0.2, 0.25) is 0 Å². The van der Waals surface area contributed by atoms with Crippen molar-refractivity contribution in [2.24, 2.45) is 0 Å². The maximum atomic E-state index is 9.63. The molecule has 0 radical (unpaired) electrons. The number of nitrogens with zero attached hydrogens (tertiary/aromatic N) is 1. The van der Waals surface area contributed by atoms with Crippen LogP contribution in [0.4, 0.5) is 5.69 Å². The molecule has 90 valence electrons. The molecule has 0 aliphatic heterocycles. The highest BCUT2D eigenvalue weighted by Gasteiger charge is 2.05. The first kappa shape index (κ1) is 11.8. The number of para-hydroxylation sites is 1. The number of rotatable bonds is 3. The monoisotopic (exact) mass is 240 g/mol. The van der Waals surface area contributed by atoms with E-state index < -0.39 is 0 Å². The maximum absolute atomic E-state index is 9.63. The molecule has 3 N–H and O–H groups in total. The zero-order valence-electron chi connectivity index (χ0n) is 9.59. The third kappa shape index (κ3) is 2.53. The van der Waals surface area contributed by atoms with Gasteiger partial charge in [0.2, 0.25) is 0 Å². The maximum Gasteiger partial charge on any atom is 0.162 e. The van der Waals surface area contributed by atoms with Crippen molar-refractivity contribution in [3.8, 4) is 17.6 Å². The molecule has 0 atom stereocenters. The van der Waals surface area contributed by atoms with E-state index in [0.717, 1.165) is 5.69 Å². The van der Waals surface area contributed by atoms with E-state index in [0.29, 0.717) is 17.7 Å². The van der Waals surface area contributed by atoms with Gasteiger partial charge >= 0.3 is 0 Å². The van der Waals surface area contributed by atoms with Crippen LogP contribution in [0.25, 0.3) is 0 Å². The molecule has 0 amide bonds. The Morgan fingerprint density at radius 2 is 1.89 bits per heavy atom. The van der Waals surface area contributed by atoms with Gasteiger partial charge in [-0.2, -0.15) is 5.26 Å². The summed E-state index contributed by atoms with van der Waals surface area (Å²) >= 11 is 0. The Hall–Kier alpha value is -2.67. The van der Waals surface area contributed by atoms with Gasteiger partial charge in [0.25, 0.3) is 0 Å². The average molecular weight is 240 g/mol. The molecule has 18 heavy (non-hydrogen) atoms. The van der Waals surface area contributed by atoms with E-state index in [2.05, 4.69) is 11.4 Å². The van der Waals surface area contributed by atoms with Crippen molar-refractivity contribution in [1.29, 1.82) is 5.26 Å². The largest absolute Gasteiger partial charge is 0.504 e. The van der Waals surface area contributed by atoms with Gasteiger partial charge in [-0.05, 0) is 24.3 Å². The fourth-order valence-electron chi connectivity index (χ4n) is 1.62. The van der Waals surface area contributed by atoms with Crippen LogP contribution in [0.3, 0.4) is 0 Å². The Balaban J connectivity index is 2.12. The standard InChI is InChI=1S/C14H12N2O2/c15-8-10-3-1-5-12(7-10)16-9-11-4-2-6-13(17)14(11)18/h1-7,16-18H,9H2. The van der Waals surface area contributed by atoms with Gasteiger partial charge in [0.15, 0.2) is 11.5 Å². The van der Waals surface area contributed by atoms with Crippen molar-refractivity contribution >= 4 is 5.69 Å². The van der Waals surface area contributed by atoms with E-state index in [1.807, 2.05) is 6.07 Å². The van der Waals surface area contributed by atoms with Gasteiger partial charge < -0.3 is 15.5 Å². The zero-order chi connectivity index (χ0) is 13.0. The predicted octanol–water partition coefficient (Wildman–Crippen LogP) is 2.58. The first-order valence-electron chi connectivity index (χ1n) is 5.44. The van der Waals surface area contributed by atoms with Gasteiger partial charge in [0.1, 0.15) is 0 Å². The molecule has 0 fully saturated rings. The first-order chi connectivity index (χ1) is 8.70. The van der Waals surface area contributed by atoms with Crippen molar-refractivity contribution in [1.82, 2.24) is 0 Å². The molecule has 0 spiro atoms. The molecule has 0 aliphatic rings. The normalized spacial score (nSPS) is 9.72. The number of aromatic hydroxyl groups is 2. The number of anilines is 1. The SMILES string of the molecule is N#Cc1cccc(NCc2cccc(O)c2O)c1. The second kappa shape index (κ2) is 5.11. The number of hydrogen-bond acceptors (Lipinski definition) is 4. The molecule has 2 aromatic rings. The minimum absolute atomic E-state index is 0.124. The summed E-state index contributed by atoms with van der Waals surface area (Å²) < 4.78 is 0. The molecular formula is C14H12N2O2. The Kier molecular flexibility index (Phi) is 3.35. The lowest BCUT2D eigenvalue weighted by Gasteiger charge is -2.09. The van der Waals surface area contributed by atoms with Gasteiger partial charge in [-0.25, -0.2) is 0 Å². The van der Waals surface area contributed by atoms with Crippen LogP contribution in [0.15, 0.2) is 42.5 Å². The highest BCUT2D eigenvalue weighted by molar-refractivity contribution is 5.51. The van der Waals surface area contributed by atoms with Crippen LogP contribution in [0, 0.1) is 11.3 Å². The van der Waals surface area contributed by atoms with Crippen molar-refractivity contribution in [3.05, 3.63) is 53.6 Å². The van der Waals surface area contributed by atoms with Gasteiger partial charge in [-0.15, -0.1) is 0 Å². The van der Waals surface area contributed by atoms with E-state index >= 15 is 0 Å². The molecule has 0 bridgehead atoms. The lowest BCUT2D eigenvalue weighted by atomic mass is 10.1. The molecule has 2 aromatic carbocycles. The molecule has 0 aliphatic carbocycles. The van der Waals surface area contributed by atoms with E-state index in [1.165, 1.54) is 6.07 Å². The summed E-state index contributed by atoms with van der Waals surface area (Å²) in [7, 11) is 0. The number of benzene rings is 2. The summed E-state index contributed by atoms with van der Waals surface area (Å²) in [6, 6.07) is 13.9. The summed E-state index contributed by atoms with van der Waals surface area (Å²) in [5.74, 6) is -0.262. The minimum atomic E-state index is -0.139. The van der Waals surface area contributed by atoms with Crippen LogP contribution in [-0.2, 0) is 6.54 Å². The average Bonchev–Trinajstić information content (AvgIpc) is 2.41. The summed E-state index contributed by atoms with van der Waals surface area (Å²) in [6.45, 7) is 0.370. The van der Waals surface area contributed by atoms with Crippen LogP contribution < -0.4 is 5.32 Å². The smallest absolute Gasteiger partial charge is 0.162 e. The Morgan fingerprint density at radius 1 is 1.11 bits per heavy atom. The summed E-state index contributed by atoms with van der Waals surface area (Å²) in [5.41, 5.74) is 1.95. The van der Waals surface area contributed by atoms with E-state index in [-0.39, 0.29) is 11.5 Å². The number of phenolic OH excluding ortho intramolecular Hbond substituents is 2. The third-order valence-electron chi connectivity index (χ3n) is 2.57. The van der Waals surface area contributed by atoms with Crippen LogP contribution >= 0.6 is 0 Å². The van der Waals surface area contributed by atoms with Crippen molar-refractivity contribution in [2.75, 3.05) is 5.32 Å². The van der Waals surface area contributed by atoms with Crippen LogP contribution in [-0.4, -0.2) is 10.2 Å². The fraction of sp³-hybridized carbons (Fsp3) is 0.0714. The molecule has 0 heterocycles. The topological polar surface area (TPSA) is 76.3 Å². The minimum Gasteiger partial charge on any atom is -0.504 e. The van der Waals surface area contributed by atoms with Gasteiger partial charge in [0, 0.05) is 17.8 Å². The van der Waals surface area contributed by atoms with Crippen LogP contribution in [0.5, 0.6) is 11.5 Å². The number of phenols is 2. The molecule has 0 saturated heterocycles. The lowest BCUT2D eigenvalue weighted by Crippen LogP contribution is -1.99.